The van der Waals surface area contributed by atoms with E-state index in [0.29, 0.717) is 5.56 Å². The molecule has 32 heavy (non-hydrogen) atoms. The monoisotopic (exact) mass is 458 g/mol. The van der Waals surface area contributed by atoms with Gasteiger partial charge in [-0.1, -0.05) is 36.4 Å². The lowest BCUT2D eigenvalue weighted by Crippen LogP contribution is -2.64. The fourth-order valence-corrected chi connectivity index (χ4v) is 3.72. The summed E-state index contributed by atoms with van der Waals surface area (Å²) in [5.41, 5.74) is 0.709. The Hall–Kier alpha value is -1.48. The quantitative estimate of drug-likeness (QED) is 0.206. The molecule has 0 radical (unpaired) electrons. The molecule has 11 nitrogen and oxygen atoms in total. The van der Waals surface area contributed by atoms with Gasteiger partial charge in [-0.2, -0.15) is 0 Å². The van der Waals surface area contributed by atoms with E-state index in [1.807, 2.05) is 6.07 Å². The molecule has 0 bridgehead atoms. The van der Waals surface area contributed by atoms with Crippen LogP contribution in [0.25, 0.3) is 0 Å². The zero-order valence-corrected chi connectivity index (χ0v) is 17.2. The van der Waals surface area contributed by atoms with Crippen LogP contribution in [0.3, 0.4) is 0 Å². The predicted octanol–water partition coefficient (Wildman–Crippen LogP) is -2.45. The van der Waals surface area contributed by atoms with E-state index < -0.39 is 80.7 Å². The van der Waals surface area contributed by atoms with Crippen molar-refractivity contribution in [2.75, 3.05) is 13.2 Å². The summed E-state index contributed by atoms with van der Waals surface area (Å²) in [6.07, 6.45) is -14.2. The maximum Gasteiger partial charge on any atom is 0.189 e. The molecule has 0 amide bonds. The molecule has 1 aromatic rings. The molecule has 1 aromatic carbocycles. The van der Waals surface area contributed by atoms with Crippen LogP contribution in [0.1, 0.15) is 11.7 Å². The largest absolute Gasteiger partial charge is 0.394 e. The molecule has 0 spiro atoms. The van der Waals surface area contributed by atoms with E-state index in [4.69, 9.17) is 18.9 Å². The highest BCUT2D eigenvalue weighted by molar-refractivity contribution is 5.21. The fraction of sp³-hybridized carbons (Fsp3) is 0.619. The van der Waals surface area contributed by atoms with Crippen molar-refractivity contribution in [3.8, 4) is 0 Å². The molecule has 11 atom stereocenters. The Kier molecular flexibility index (Phi) is 8.72. The van der Waals surface area contributed by atoms with Crippen molar-refractivity contribution < 1.29 is 54.7 Å². The first kappa shape index (κ1) is 25.1. The summed E-state index contributed by atoms with van der Waals surface area (Å²) < 4.78 is 22.1. The summed E-state index contributed by atoms with van der Waals surface area (Å²) in [4.78, 5) is 0. The lowest BCUT2D eigenvalue weighted by atomic mass is 9.97. The first-order valence-corrected chi connectivity index (χ1v) is 10.2. The van der Waals surface area contributed by atoms with Crippen LogP contribution < -0.4 is 0 Å². The molecule has 2 heterocycles. The van der Waals surface area contributed by atoms with Crippen molar-refractivity contribution in [3.05, 3.63) is 48.6 Å². The van der Waals surface area contributed by atoms with Crippen molar-refractivity contribution in [3.63, 3.8) is 0 Å². The Bertz CT molecular complexity index is 717. The van der Waals surface area contributed by atoms with Crippen LogP contribution in [0.2, 0.25) is 0 Å². The molecule has 0 aliphatic carbocycles. The third-order valence-electron chi connectivity index (χ3n) is 5.58. The molecule has 2 saturated heterocycles. The van der Waals surface area contributed by atoms with Crippen molar-refractivity contribution in [1.29, 1.82) is 0 Å². The standard InChI is InChI=1S/C21H30O11/c1-2-11(10-6-4-3-5-7-10)29-19-15(25)13(9-23)31-21(18(19)28)32-20-17(27)16(26)14(24)12(8-22)30-20/h2-7,11-28H,1,8-9H2/t11?,12-,13-,14-,15-,16+,17-,18-,19+,20-,21-/m1/s1. The van der Waals surface area contributed by atoms with E-state index >= 15 is 0 Å². The van der Waals surface area contributed by atoms with Gasteiger partial charge in [0.1, 0.15) is 54.9 Å². The van der Waals surface area contributed by atoms with Gasteiger partial charge in [0.05, 0.1) is 13.2 Å². The summed E-state index contributed by atoms with van der Waals surface area (Å²) >= 11 is 0. The Morgan fingerprint density at radius 1 is 0.812 bits per heavy atom. The third-order valence-corrected chi connectivity index (χ3v) is 5.58. The van der Waals surface area contributed by atoms with Crippen LogP contribution in [-0.4, -0.2) is 110 Å². The molecule has 7 N–H and O–H groups in total. The van der Waals surface area contributed by atoms with Crippen LogP contribution in [-0.2, 0) is 18.9 Å². The summed E-state index contributed by atoms with van der Waals surface area (Å²) in [5, 5.41) is 70.4. The smallest absolute Gasteiger partial charge is 0.189 e. The number of hydrogen-bond acceptors (Lipinski definition) is 11. The minimum absolute atomic E-state index is 0.633. The van der Waals surface area contributed by atoms with E-state index in [1.165, 1.54) is 6.08 Å². The molecule has 11 heteroatoms. The van der Waals surface area contributed by atoms with Crippen molar-refractivity contribution >= 4 is 0 Å². The molecular weight excluding hydrogens is 428 g/mol. The number of benzene rings is 1. The number of aliphatic hydroxyl groups is 7. The van der Waals surface area contributed by atoms with Crippen LogP contribution in [0.4, 0.5) is 0 Å². The van der Waals surface area contributed by atoms with Gasteiger partial charge in [-0.05, 0) is 5.56 Å². The van der Waals surface area contributed by atoms with Crippen molar-refractivity contribution in [1.82, 2.24) is 0 Å². The Morgan fingerprint density at radius 3 is 1.94 bits per heavy atom. The molecule has 3 rings (SSSR count). The Labute approximate surface area is 184 Å². The van der Waals surface area contributed by atoms with E-state index in [0.717, 1.165) is 0 Å². The van der Waals surface area contributed by atoms with Gasteiger partial charge in [0.15, 0.2) is 12.6 Å². The normalized spacial score (nSPS) is 41.2. The molecule has 2 aliphatic heterocycles. The Balaban J connectivity index is 1.77. The van der Waals surface area contributed by atoms with Crippen LogP contribution >= 0.6 is 0 Å². The molecular formula is C21H30O11. The highest BCUT2D eigenvalue weighted by Gasteiger charge is 2.50. The average molecular weight is 458 g/mol. The number of ether oxygens (including phenoxy) is 4. The SMILES string of the molecule is C=CC(O[C@@H]1[C@@H](O)[C@@H](O[C@H]2O[C@H](CO)[C@@H](O)[C@H](O)[C@H]2O)O[C@H](CO)[C@H]1O)c1ccccc1. The third kappa shape index (κ3) is 5.19. The second kappa shape index (κ2) is 11.1. The van der Waals surface area contributed by atoms with Gasteiger partial charge >= 0.3 is 0 Å². The van der Waals surface area contributed by atoms with E-state index in [1.54, 1.807) is 24.3 Å². The maximum atomic E-state index is 10.8. The molecule has 0 saturated carbocycles. The van der Waals surface area contributed by atoms with Gasteiger partial charge in [-0.15, -0.1) is 6.58 Å². The summed E-state index contributed by atoms with van der Waals surface area (Å²) in [6, 6.07) is 8.93. The first-order chi connectivity index (χ1) is 15.3. The summed E-state index contributed by atoms with van der Waals surface area (Å²) in [5.74, 6) is 0. The Morgan fingerprint density at radius 2 is 1.38 bits per heavy atom. The predicted molar refractivity (Wildman–Crippen MR) is 107 cm³/mol. The average Bonchev–Trinajstić information content (AvgIpc) is 2.81. The summed E-state index contributed by atoms with van der Waals surface area (Å²) in [7, 11) is 0. The van der Waals surface area contributed by atoms with Crippen LogP contribution in [0.5, 0.6) is 0 Å². The topological polar surface area (TPSA) is 179 Å². The molecule has 180 valence electrons. The van der Waals surface area contributed by atoms with Gasteiger partial charge in [0.25, 0.3) is 0 Å². The second-order valence-corrected chi connectivity index (χ2v) is 7.71. The zero-order chi connectivity index (χ0) is 23.4. The lowest BCUT2D eigenvalue weighted by molar-refractivity contribution is -0.379. The van der Waals surface area contributed by atoms with Gasteiger partial charge in [0, 0.05) is 0 Å². The molecule has 2 fully saturated rings. The molecule has 1 unspecified atom stereocenters. The van der Waals surface area contributed by atoms with Crippen LogP contribution in [0.15, 0.2) is 43.0 Å². The van der Waals surface area contributed by atoms with E-state index in [9.17, 15) is 35.7 Å². The van der Waals surface area contributed by atoms with Crippen molar-refractivity contribution in [2.24, 2.45) is 0 Å². The molecule has 0 aromatic heterocycles. The minimum atomic E-state index is -1.73. The lowest BCUT2D eigenvalue weighted by Gasteiger charge is -2.46. The number of rotatable bonds is 8. The first-order valence-electron chi connectivity index (χ1n) is 10.2. The van der Waals surface area contributed by atoms with Gasteiger partial charge in [-0.25, -0.2) is 0 Å². The van der Waals surface area contributed by atoms with Gasteiger partial charge in [-0.3, -0.25) is 0 Å². The van der Waals surface area contributed by atoms with Gasteiger partial charge < -0.3 is 54.7 Å². The molecule has 2 aliphatic rings. The zero-order valence-electron chi connectivity index (χ0n) is 17.2. The number of hydrogen-bond donors (Lipinski definition) is 7. The van der Waals surface area contributed by atoms with Gasteiger partial charge in [0.2, 0.25) is 0 Å². The fourth-order valence-electron chi connectivity index (χ4n) is 3.72. The van der Waals surface area contributed by atoms with Crippen LogP contribution in [0, 0.1) is 0 Å². The number of aliphatic hydroxyl groups excluding tert-OH is 7. The van der Waals surface area contributed by atoms with Crippen molar-refractivity contribution in [2.45, 2.75) is 67.5 Å². The summed E-state index contributed by atoms with van der Waals surface area (Å²) in [6.45, 7) is 2.42. The van der Waals surface area contributed by atoms with E-state index in [2.05, 4.69) is 6.58 Å². The minimum Gasteiger partial charge on any atom is -0.394 e. The highest BCUT2D eigenvalue weighted by Crippen LogP contribution is 2.32. The van der Waals surface area contributed by atoms with E-state index in [-0.39, 0.29) is 0 Å². The highest BCUT2D eigenvalue weighted by atomic mass is 16.8. The maximum absolute atomic E-state index is 10.8. The second-order valence-electron chi connectivity index (χ2n) is 7.71.